The number of unbranched alkanes of at least 4 members (excludes halogenated alkanes) is 1. The minimum atomic E-state index is -0.794. The lowest BCUT2D eigenvalue weighted by Gasteiger charge is -2.18. The number of nitrogens with zero attached hydrogens (tertiary/aromatic N) is 2. The Morgan fingerprint density at radius 3 is 2.81 bits per heavy atom. The normalized spacial score (nSPS) is 10.4. The van der Waals surface area contributed by atoms with Crippen LogP contribution in [0.5, 0.6) is 0 Å². The largest absolute Gasteiger partial charge is 0.425 e. The van der Waals surface area contributed by atoms with Gasteiger partial charge in [-0.3, -0.25) is 0 Å². The second-order valence-corrected chi connectivity index (χ2v) is 4.49. The standard InChI is InChI=1S/C14H18N4O3/c1-3-4-9-18(14(20)21-13(19)15-2)12-16-10-7-5-6-8-11(10)17-12/h5-8H,3-4,9H2,1-2H3,(H,15,19)(H,16,17). The third-order valence-electron chi connectivity index (χ3n) is 2.97. The first-order chi connectivity index (χ1) is 10.2. The van der Waals surface area contributed by atoms with E-state index in [0.29, 0.717) is 12.5 Å². The number of ether oxygens (including phenoxy) is 1. The van der Waals surface area contributed by atoms with E-state index in [4.69, 9.17) is 0 Å². The monoisotopic (exact) mass is 290 g/mol. The molecule has 0 radical (unpaired) electrons. The lowest BCUT2D eigenvalue weighted by atomic mass is 10.3. The van der Waals surface area contributed by atoms with Gasteiger partial charge in [0, 0.05) is 13.6 Å². The summed E-state index contributed by atoms with van der Waals surface area (Å²) < 4.78 is 4.69. The number of aromatic nitrogens is 2. The van der Waals surface area contributed by atoms with Gasteiger partial charge >= 0.3 is 12.2 Å². The molecule has 1 heterocycles. The van der Waals surface area contributed by atoms with Crippen LogP contribution in [-0.2, 0) is 4.74 Å². The van der Waals surface area contributed by atoms with Crippen molar-refractivity contribution in [1.29, 1.82) is 0 Å². The summed E-state index contributed by atoms with van der Waals surface area (Å²) in [6.07, 6.45) is 0.142. The van der Waals surface area contributed by atoms with Crippen molar-refractivity contribution in [2.45, 2.75) is 19.8 Å². The zero-order valence-electron chi connectivity index (χ0n) is 12.0. The highest BCUT2D eigenvalue weighted by Gasteiger charge is 2.22. The summed E-state index contributed by atoms with van der Waals surface area (Å²) in [5, 5.41) is 2.25. The summed E-state index contributed by atoms with van der Waals surface area (Å²) in [5.41, 5.74) is 1.57. The minimum absolute atomic E-state index is 0.374. The van der Waals surface area contributed by atoms with Gasteiger partial charge in [0.05, 0.1) is 11.0 Å². The highest BCUT2D eigenvalue weighted by Crippen LogP contribution is 2.18. The second-order valence-electron chi connectivity index (χ2n) is 4.49. The Morgan fingerprint density at radius 1 is 1.38 bits per heavy atom. The summed E-state index contributed by atoms with van der Waals surface area (Å²) in [7, 11) is 1.40. The van der Waals surface area contributed by atoms with Crippen molar-refractivity contribution in [2.24, 2.45) is 0 Å². The molecule has 1 aromatic carbocycles. The Bertz CT molecular complexity index is 605. The van der Waals surface area contributed by atoms with Crippen LogP contribution in [0.3, 0.4) is 0 Å². The zero-order chi connectivity index (χ0) is 15.2. The lowest BCUT2D eigenvalue weighted by molar-refractivity contribution is 0.156. The number of aromatic amines is 1. The van der Waals surface area contributed by atoms with Crippen LogP contribution in [0.15, 0.2) is 24.3 Å². The Hall–Kier alpha value is -2.57. The SMILES string of the molecule is CCCCN(C(=O)OC(=O)NC)c1nc2ccccc2[nH]1. The van der Waals surface area contributed by atoms with Gasteiger partial charge in [0.25, 0.3) is 0 Å². The smallest absolute Gasteiger partial charge is 0.359 e. The molecule has 0 saturated carbocycles. The molecule has 7 heteroatoms. The molecule has 0 aliphatic carbocycles. The molecule has 0 saturated heterocycles. The van der Waals surface area contributed by atoms with Crippen LogP contribution < -0.4 is 10.2 Å². The first kappa shape index (κ1) is 14.8. The number of anilines is 1. The fourth-order valence-corrected chi connectivity index (χ4v) is 1.85. The first-order valence-corrected chi connectivity index (χ1v) is 6.81. The van der Waals surface area contributed by atoms with Crippen LogP contribution in [0.25, 0.3) is 11.0 Å². The molecule has 0 spiro atoms. The van der Waals surface area contributed by atoms with E-state index in [9.17, 15) is 9.59 Å². The quantitative estimate of drug-likeness (QED) is 0.847. The Morgan fingerprint density at radius 2 is 2.14 bits per heavy atom. The number of nitrogens with one attached hydrogen (secondary N) is 2. The van der Waals surface area contributed by atoms with E-state index in [0.717, 1.165) is 23.9 Å². The number of rotatable bonds is 4. The number of amides is 2. The van der Waals surface area contributed by atoms with Crippen LogP contribution in [0.4, 0.5) is 15.5 Å². The van der Waals surface area contributed by atoms with E-state index >= 15 is 0 Å². The fourth-order valence-electron chi connectivity index (χ4n) is 1.85. The van der Waals surface area contributed by atoms with E-state index in [1.54, 1.807) is 0 Å². The number of hydrogen-bond acceptors (Lipinski definition) is 4. The Labute approximate surface area is 122 Å². The van der Waals surface area contributed by atoms with Gasteiger partial charge in [-0.05, 0) is 18.6 Å². The van der Waals surface area contributed by atoms with Crippen molar-refractivity contribution in [2.75, 3.05) is 18.5 Å². The molecule has 1 aromatic heterocycles. The number of imidazole rings is 1. The summed E-state index contributed by atoms with van der Waals surface area (Å²) in [6, 6.07) is 7.46. The summed E-state index contributed by atoms with van der Waals surface area (Å²) in [5.74, 6) is 0.374. The van der Waals surface area contributed by atoms with E-state index in [-0.39, 0.29) is 0 Å². The highest BCUT2D eigenvalue weighted by atomic mass is 16.6. The van der Waals surface area contributed by atoms with Crippen molar-refractivity contribution in [1.82, 2.24) is 15.3 Å². The molecule has 0 fully saturated rings. The molecule has 2 rings (SSSR count). The fraction of sp³-hybridized carbons (Fsp3) is 0.357. The van der Waals surface area contributed by atoms with Gasteiger partial charge in [-0.25, -0.2) is 19.5 Å². The van der Waals surface area contributed by atoms with E-state index in [2.05, 4.69) is 20.0 Å². The van der Waals surface area contributed by atoms with Gasteiger partial charge in [-0.1, -0.05) is 25.5 Å². The maximum atomic E-state index is 12.1. The molecule has 2 amide bonds. The number of carbonyl (C=O) groups excluding carboxylic acids is 2. The molecule has 2 aromatic rings. The van der Waals surface area contributed by atoms with E-state index in [1.165, 1.54) is 11.9 Å². The average Bonchev–Trinajstić information content (AvgIpc) is 2.91. The minimum Gasteiger partial charge on any atom is -0.359 e. The van der Waals surface area contributed by atoms with Crippen molar-refractivity contribution in [3.63, 3.8) is 0 Å². The Balaban J connectivity index is 2.25. The van der Waals surface area contributed by atoms with Gasteiger partial charge in [0.2, 0.25) is 5.95 Å². The molecule has 112 valence electrons. The molecule has 2 N–H and O–H groups in total. The number of para-hydroxylation sites is 2. The maximum Gasteiger partial charge on any atom is 0.425 e. The number of alkyl carbamates (subject to hydrolysis) is 1. The van der Waals surface area contributed by atoms with Crippen LogP contribution in [-0.4, -0.2) is 35.7 Å². The van der Waals surface area contributed by atoms with Crippen LogP contribution in [0, 0.1) is 0 Å². The maximum absolute atomic E-state index is 12.1. The number of H-pyrrole nitrogens is 1. The van der Waals surface area contributed by atoms with Gasteiger partial charge < -0.3 is 15.0 Å². The number of fused-ring (bicyclic) bond motifs is 1. The Kier molecular flexibility index (Phi) is 4.76. The number of hydrogen-bond donors (Lipinski definition) is 2. The molecular formula is C14H18N4O3. The van der Waals surface area contributed by atoms with Crippen molar-refractivity contribution in [3.05, 3.63) is 24.3 Å². The number of carbonyl (C=O) groups is 2. The molecule has 0 atom stereocenters. The van der Waals surface area contributed by atoms with Crippen LogP contribution >= 0.6 is 0 Å². The van der Waals surface area contributed by atoms with Crippen molar-refractivity contribution < 1.29 is 14.3 Å². The lowest BCUT2D eigenvalue weighted by Crippen LogP contribution is -2.37. The third-order valence-corrected chi connectivity index (χ3v) is 2.97. The predicted octanol–water partition coefficient (Wildman–Crippen LogP) is 2.65. The summed E-state index contributed by atoms with van der Waals surface area (Å²) in [4.78, 5) is 32.0. The topological polar surface area (TPSA) is 87.3 Å². The van der Waals surface area contributed by atoms with Gasteiger partial charge in [0.15, 0.2) is 0 Å². The van der Waals surface area contributed by atoms with Crippen LogP contribution in [0.1, 0.15) is 19.8 Å². The van der Waals surface area contributed by atoms with Gasteiger partial charge in [0.1, 0.15) is 0 Å². The molecule has 0 unspecified atom stereocenters. The molecule has 0 aliphatic heterocycles. The molecule has 21 heavy (non-hydrogen) atoms. The second kappa shape index (κ2) is 6.74. The summed E-state index contributed by atoms with van der Waals surface area (Å²) >= 11 is 0. The molecule has 0 aliphatic rings. The third kappa shape index (κ3) is 3.50. The average molecular weight is 290 g/mol. The van der Waals surface area contributed by atoms with Gasteiger partial charge in [-0.2, -0.15) is 0 Å². The first-order valence-electron chi connectivity index (χ1n) is 6.81. The molecule has 7 nitrogen and oxygen atoms in total. The highest BCUT2D eigenvalue weighted by molar-refractivity contribution is 5.94. The molecule has 0 bridgehead atoms. The van der Waals surface area contributed by atoms with Crippen LogP contribution in [0.2, 0.25) is 0 Å². The van der Waals surface area contributed by atoms with Crippen molar-refractivity contribution in [3.8, 4) is 0 Å². The van der Waals surface area contributed by atoms with Gasteiger partial charge in [-0.15, -0.1) is 0 Å². The zero-order valence-corrected chi connectivity index (χ0v) is 12.0. The van der Waals surface area contributed by atoms with E-state index < -0.39 is 12.2 Å². The predicted molar refractivity (Wildman–Crippen MR) is 79.3 cm³/mol. The summed E-state index contributed by atoms with van der Waals surface area (Å²) in [6.45, 7) is 2.44. The molecular weight excluding hydrogens is 272 g/mol. The van der Waals surface area contributed by atoms with Crippen molar-refractivity contribution >= 4 is 29.2 Å². The van der Waals surface area contributed by atoms with E-state index in [1.807, 2.05) is 31.2 Å². The number of benzene rings is 1.